The molecule has 0 unspecified atom stereocenters. The maximum atomic E-state index is 12.1. The Hall–Kier alpha value is -2.61. The van der Waals surface area contributed by atoms with Crippen LogP contribution >= 0.6 is 11.3 Å². The summed E-state index contributed by atoms with van der Waals surface area (Å²) in [5.74, 6) is 0.782. The molecule has 0 saturated carbocycles. The van der Waals surface area contributed by atoms with Crippen molar-refractivity contribution in [3.05, 3.63) is 51.5 Å². The molecule has 0 aliphatic heterocycles. The molecule has 2 rings (SSSR count). The zero-order valence-electron chi connectivity index (χ0n) is 19.5. The van der Waals surface area contributed by atoms with Crippen molar-refractivity contribution in [2.24, 2.45) is 4.99 Å². The summed E-state index contributed by atoms with van der Waals surface area (Å²) in [5.41, 5.74) is 2.79. The molecular formula is C23H35N5O2S. The Labute approximate surface area is 189 Å². The van der Waals surface area contributed by atoms with Crippen LogP contribution in [0.2, 0.25) is 0 Å². The van der Waals surface area contributed by atoms with Crippen molar-refractivity contribution in [3.63, 3.8) is 0 Å². The molecule has 0 spiro atoms. The van der Waals surface area contributed by atoms with Gasteiger partial charge in [0.05, 0.1) is 5.01 Å². The number of carbonyl (C=O) groups excluding carboxylic acids is 1. The summed E-state index contributed by atoms with van der Waals surface area (Å²) in [6.45, 7) is 9.64. The molecule has 0 radical (unpaired) electrons. The summed E-state index contributed by atoms with van der Waals surface area (Å²) in [5, 5.41) is 9.94. The average Bonchev–Trinajstić information content (AvgIpc) is 3.12. The third-order valence-corrected chi connectivity index (χ3v) is 5.38. The molecule has 0 bridgehead atoms. The Balaban J connectivity index is 1.72. The fourth-order valence-electron chi connectivity index (χ4n) is 2.81. The molecule has 1 amide bonds. The number of nitrogens with zero attached hydrogens (tertiary/aromatic N) is 3. The van der Waals surface area contributed by atoms with Gasteiger partial charge in [-0.3, -0.25) is 4.99 Å². The van der Waals surface area contributed by atoms with Gasteiger partial charge >= 0.3 is 6.09 Å². The van der Waals surface area contributed by atoms with Gasteiger partial charge in [-0.1, -0.05) is 24.3 Å². The van der Waals surface area contributed by atoms with Crippen LogP contribution < -0.4 is 10.6 Å². The Morgan fingerprint density at radius 3 is 2.45 bits per heavy atom. The van der Waals surface area contributed by atoms with Crippen LogP contribution in [0.3, 0.4) is 0 Å². The average molecular weight is 446 g/mol. The second kappa shape index (κ2) is 11.7. The first-order chi connectivity index (χ1) is 14.7. The zero-order valence-corrected chi connectivity index (χ0v) is 20.3. The fraction of sp³-hybridized carbons (Fsp3) is 0.522. The van der Waals surface area contributed by atoms with Gasteiger partial charge in [-0.2, -0.15) is 0 Å². The lowest BCUT2D eigenvalue weighted by Crippen LogP contribution is -2.37. The first-order valence-electron chi connectivity index (χ1n) is 10.5. The van der Waals surface area contributed by atoms with Gasteiger partial charge in [-0.05, 0) is 45.2 Å². The van der Waals surface area contributed by atoms with Crippen LogP contribution in [0.15, 0.2) is 34.6 Å². The molecule has 0 aliphatic carbocycles. The highest BCUT2D eigenvalue weighted by Gasteiger charge is 2.19. The molecule has 1 heterocycles. The first kappa shape index (κ1) is 24.7. The number of benzene rings is 1. The van der Waals surface area contributed by atoms with Crippen LogP contribution in [0.1, 0.15) is 49.0 Å². The van der Waals surface area contributed by atoms with E-state index in [1.54, 1.807) is 30.3 Å². The lowest BCUT2D eigenvalue weighted by atomic mass is 10.1. The number of rotatable bonds is 8. The molecule has 1 aromatic carbocycles. The van der Waals surface area contributed by atoms with Gasteiger partial charge in [-0.15, -0.1) is 11.3 Å². The largest absolute Gasteiger partial charge is 0.444 e. The Morgan fingerprint density at radius 1 is 1.19 bits per heavy atom. The summed E-state index contributed by atoms with van der Waals surface area (Å²) < 4.78 is 5.39. The summed E-state index contributed by atoms with van der Waals surface area (Å²) in [6.07, 6.45) is 1.66. The van der Waals surface area contributed by atoms with Crippen LogP contribution in [-0.4, -0.2) is 48.2 Å². The second-order valence-corrected chi connectivity index (χ2v) is 9.43. The van der Waals surface area contributed by atoms with Crippen molar-refractivity contribution in [3.8, 4) is 0 Å². The molecule has 2 N–H and O–H groups in total. The van der Waals surface area contributed by atoms with E-state index in [2.05, 4.69) is 38.1 Å². The standard InChI is InChI=1S/C23H35N5O2S/c1-17-16-31-20(27-17)8-7-13-25-21(24-5)26-14-18-9-11-19(12-10-18)15-28(6)22(29)30-23(2,3)4/h9-12,16H,7-8,13-15H2,1-6H3,(H2,24,25,26). The quantitative estimate of drug-likeness (QED) is 0.363. The number of thiazole rings is 1. The van der Waals surface area contributed by atoms with Gasteiger partial charge < -0.3 is 20.3 Å². The van der Waals surface area contributed by atoms with Gasteiger partial charge in [-0.25, -0.2) is 9.78 Å². The highest BCUT2D eigenvalue weighted by Crippen LogP contribution is 2.12. The van der Waals surface area contributed by atoms with E-state index in [1.165, 1.54) is 5.01 Å². The number of ether oxygens (including phenoxy) is 1. The molecule has 0 saturated heterocycles. The number of aromatic nitrogens is 1. The molecule has 0 aliphatic rings. The SMILES string of the molecule is CN=C(NCCCc1nc(C)cs1)NCc1ccc(CN(C)C(=O)OC(C)(C)C)cc1. The summed E-state index contributed by atoms with van der Waals surface area (Å²) in [7, 11) is 3.52. The topological polar surface area (TPSA) is 78.9 Å². The molecule has 0 atom stereocenters. The predicted octanol–water partition coefficient (Wildman–Crippen LogP) is 4.12. The predicted molar refractivity (Wildman–Crippen MR) is 128 cm³/mol. The van der Waals surface area contributed by atoms with Crippen molar-refractivity contribution < 1.29 is 9.53 Å². The van der Waals surface area contributed by atoms with Crippen molar-refractivity contribution in [1.82, 2.24) is 20.5 Å². The van der Waals surface area contributed by atoms with E-state index in [0.29, 0.717) is 13.1 Å². The van der Waals surface area contributed by atoms with E-state index in [-0.39, 0.29) is 6.09 Å². The maximum absolute atomic E-state index is 12.1. The number of aryl methyl sites for hydroxylation is 2. The minimum atomic E-state index is -0.493. The smallest absolute Gasteiger partial charge is 0.410 e. The highest BCUT2D eigenvalue weighted by molar-refractivity contribution is 7.09. The van der Waals surface area contributed by atoms with E-state index < -0.39 is 5.60 Å². The molecule has 31 heavy (non-hydrogen) atoms. The van der Waals surface area contributed by atoms with E-state index >= 15 is 0 Å². The van der Waals surface area contributed by atoms with Crippen molar-refractivity contribution in [1.29, 1.82) is 0 Å². The van der Waals surface area contributed by atoms with Crippen molar-refractivity contribution in [2.75, 3.05) is 20.6 Å². The third-order valence-electron chi connectivity index (χ3n) is 4.36. The highest BCUT2D eigenvalue weighted by atomic mass is 32.1. The van der Waals surface area contributed by atoms with Crippen LogP contribution in [0.4, 0.5) is 4.79 Å². The second-order valence-electron chi connectivity index (χ2n) is 8.49. The van der Waals surface area contributed by atoms with Crippen LogP contribution in [0.25, 0.3) is 0 Å². The van der Waals surface area contributed by atoms with Gasteiger partial charge in [0.25, 0.3) is 0 Å². The number of amides is 1. The van der Waals surface area contributed by atoms with Crippen LogP contribution in [0.5, 0.6) is 0 Å². The van der Waals surface area contributed by atoms with Gasteiger partial charge in [0.2, 0.25) is 0 Å². The van der Waals surface area contributed by atoms with Crippen molar-refractivity contribution in [2.45, 2.75) is 59.2 Å². The van der Waals surface area contributed by atoms with Gasteiger partial charge in [0.15, 0.2) is 5.96 Å². The number of guanidine groups is 1. The number of nitrogens with one attached hydrogen (secondary N) is 2. The zero-order chi connectivity index (χ0) is 22.9. The Bertz CT molecular complexity index is 856. The number of carbonyl (C=O) groups is 1. The summed E-state index contributed by atoms with van der Waals surface area (Å²) >= 11 is 1.72. The molecular weight excluding hydrogens is 410 g/mol. The van der Waals surface area contributed by atoms with Gasteiger partial charge in [0, 0.05) is 51.2 Å². The van der Waals surface area contributed by atoms with Crippen molar-refractivity contribution >= 4 is 23.4 Å². The van der Waals surface area contributed by atoms with Crippen LogP contribution in [0, 0.1) is 6.92 Å². The molecule has 2 aromatic rings. The van der Waals surface area contributed by atoms with E-state index in [4.69, 9.17) is 4.74 Å². The summed E-state index contributed by atoms with van der Waals surface area (Å²) in [6, 6.07) is 8.18. The van der Waals surface area contributed by atoms with E-state index in [1.807, 2.05) is 39.8 Å². The molecule has 170 valence electrons. The molecule has 0 fully saturated rings. The lowest BCUT2D eigenvalue weighted by Gasteiger charge is -2.24. The number of hydrogen-bond acceptors (Lipinski definition) is 5. The number of hydrogen-bond donors (Lipinski definition) is 2. The molecule has 7 nitrogen and oxygen atoms in total. The minimum Gasteiger partial charge on any atom is -0.444 e. The van der Waals surface area contributed by atoms with E-state index in [9.17, 15) is 4.79 Å². The normalized spacial score (nSPS) is 11.9. The Morgan fingerprint density at radius 2 is 1.87 bits per heavy atom. The van der Waals surface area contributed by atoms with Crippen LogP contribution in [-0.2, 0) is 24.2 Å². The monoisotopic (exact) mass is 445 g/mol. The third kappa shape index (κ3) is 9.38. The fourth-order valence-corrected chi connectivity index (χ4v) is 3.63. The minimum absolute atomic E-state index is 0.321. The first-order valence-corrected chi connectivity index (χ1v) is 11.4. The van der Waals surface area contributed by atoms with Gasteiger partial charge in [0.1, 0.15) is 5.60 Å². The molecule has 8 heteroatoms. The maximum Gasteiger partial charge on any atom is 0.410 e. The Kier molecular flexibility index (Phi) is 9.30. The molecule has 1 aromatic heterocycles. The lowest BCUT2D eigenvalue weighted by molar-refractivity contribution is 0.0285. The summed E-state index contributed by atoms with van der Waals surface area (Å²) in [4.78, 5) is 22.5. The number of aliphatic imine (C=N–C) groups is 1. The van der Waals surface area contributed by atoms with E-state index in [0.717, 1.165) is 42.2 Å².